The van der Waals surface area contributed by atoms with E-state index in [2.05, 4.69) is 72.8 Å². The van der Waals surface area contributed by atoms with Gasteiger partial charge in [-0.1, -0.05) is 54.6 Å². The van der Waals surface area contributed by atoms with E-state index in [1.54, 1.807) is 0 Å². The van der Waals surface area contributed by atoms with Crippen LogP contribution in [0.15, 0.2) is 72.8 Å². The lowest BCUT2D eigenvalue weighted by atomic mass is 10.0. The van der Waals surface area contributed by atoms with Crippen LogP contribution in [0, 0.1) is 0 Å². The summed E-state index contributed by atoms with van der Waals surface area (Å²) in [5.41, 5.74) is 0. The fourth-order valence-corrected chi connectivity index (χ4v) is 8.36. The van der Waals surface area contributed by atoms with Crippen molar-refractivity contribution in [2.75, 3.05) is 0 Å². The van der Waals surface area contributed by atoms with Gasteiger partial charge >= 0.3 is 0 Å². The van der Waals surface area contributed by atoms with Crippen LogP contribution < -0.4 is 0 Å². The van der Waals surface area contributed by atoms with Crippen molar-refractivity contribution >= 4 is 94.5 Å². The van der Waals surface area contributed by atoms with Gasteiger partial charge in [0, 0.05) is 60.5 Å². The van der Waals surface area contributed by atoms with Gasteiger partial charge in [-0.3, -0.25) is 0 Å². The van der Waals surface area contributed by atoms with E-state index in [1.165, 1.54) is 60.5 Å². The molecule has 0 aliphatic carbocycles. The fraction of sp³-hybridized carbons (Fsp3) is 0. The van der Waals surface area contributed by atoms with Gasteiger partial charge in [0.1, 0.15) is 0 Å². The van der Waals surface area contributed by atoms with Crippen molar-refractivity contribution in [2.24, 2.45) is 0 Å². The molecule has 0 saturated carbocycles. The van der Waals surface area contributed by atoms with Gasteiger partial charge in [0.2, 0.25) is 0 Å². The number of rotatable bonds is 0. The highest BCUT2D eigenvalue weighted by atomic mass is 32.1. The maximum atomic E-state index is 2.29. The van der Waals surface area contributed by atoms with Crippen molar-refractivity contribution in [1.29, 1.82) is 0 Å². The third kappa shape index (κ3) is 1.77. The Morgan fingerprint density at radius 1 is 0.370 bits per heavy atom. The van der Waals surface area contributed by atoms with Gasteiger partial charge in [0.15, 0.2) is 0 Å². The Morgan fingerprint density at radius 3 is 1.00 bits per heavy atom. The summed E-state index contributed by atoms with van der Waals surface area (Å²) in [6.07, 6.45) is 0. The first-order valence-electron chi connectivity index (χ1n) is 8.96. The molecule has 0 aliphatic rings. The molecule has 0 amide bonds. The largest absolute Gasteiger partial charge is 0.134 e. The molecule has 0 saturated heterocycles. The van der Waals surface area contributed by atoms with Crippen LogP contribution in [0.5, 0.6) is 0 Å². The topological polar surface area (TPSA) is 0 Å². The Labute approximate surface area is 166 Å². The van der Waals surface area contributed by atoms with Crippen LogP contribution in [-0.4, -0.2) is 0 Å². The summed E-state index contributed by atoms with van der Waals surface area (Å²) in [5.74, 6) is 0. The van der Waals surface area contributed by atoms with Crippen molar-refractivity contribution in [3.8, 4) is 0 Å². The lowest BCUT2D eigenvalue weighted by molar-refractivity contribution is 1.87. The average molecular weight is 397 g/mol. The maximum absolute atomic E-state index is 2.29. The van der Waals surface area contributed by atoms with Gasteiger partial charge in [-0.2, -0.15) is 0 Å². The zero-order valence-electron chi connectivity index (χ0n) is 14.2. The summed E-state index contributed by atoms with van der Waals surface area (Å²) < 4.78 is 8.49. The SMILES string of the molecule is c1ccc2c(c1)sc1c2c2sc3ccccc3c2c2sc3ccccc3c12. The summed E-state index contributed by atoms with van der Waals surface area (Å²) in [6.45, 7) is 0. The molecule has 0 N–H and O–H groups in total. The Hall–Kier alpha value is -2.46. The van der Waals surface area contributed by atoms with E-state index in [-0.39, 0.29) is 0 Å². The number of benzene rings is 4. The first-order valence-corrected chi connectivity index (χ1v) is 11.4. The highest BCUT2D eigenvalue weighted by Crippen LogP contribution is 2.52. The van der Waals surface area contributed by atoms with Crippen LogP contribution in [0.3, 0.4) is 0 Å². The zero-order chi connectivity index (χ0) is 17.5. The van der Waals surface area contributed by atoms with E-state index in [9.17, 15) is 0 Å². The summed E-state index contributed by atoms with van der Waals surface area (Å²) >= 11 is 5.85. The smallest absolute Gasteiger partial charge is 0.0463 e. The molecule has 7 rings (SSSR count). The summed E-state index contributed by atoms with van der Waals surface area (Å²) in [7, 11) is 0. The van der Waals surface area contributed by atoms with Gasteiger partial charge in [-0.25, -0.2) is 0 Å². The molecule has 0 atom stereocenters. The number of thiophene rings is 3. The Morgan fingerprint density at radius 2 is 0.667 bits per heavy atom. The van der Waals surface area contributed by atoms with E-state index in [0.717, 1.165) is 0 Å². The molecule has 27 heavy (non-hydrogen) atoms. The Balaban J connectivity index is 1.95. The van der Waals surface area contributed by atoms with Gasteiger partial charge < -0.3 is 0 Å². The fourth-order valence-electron chi connectivity index (χ4n) is 4.34. The molecular formula is C24H12S3. The molecule has 4 aromatic carbocycles. The minimum atomic E-state index is 1.38. The van der Waals surface area contributed by atoms with Crippen molar-refractivity contribution < 1.29 is 0 Å². The summed E-state index contributed by atoms with van der Waals surface area (Å²) in [4.78, 5) is 0. The van der Waals surface area contributed by atoms with Crippen LogP contribution in [0.4, 0.5) is 0 Å². The second-order valence-corrected chi connectivity index (χ2v) is 10.1. The quantitative estimate of drug-likeness (QED) is 0.240. The molecule has 0 unspecified atom stereocenters. The summed E-state index contributed by atoms with van der Waals surface area (Å²) in [5, 5.41) is 8.53. The van der Waals surface area contributed by atoms with E-state index in [1.807, 2.05) is 34.0 Å². The lowest BCUT2D eigenvalue weighted by Gasteiger charge is -2.00. The number of hydrogen-bond acceptors (Lipinski definition) is 3. The third-order valence-corrected chi connectivity index (χ3v) is 9.03. The van der Waals surface area contributed by atoms with Crippen LogP contribution in [0.1, 0.15) is 0 Å². The zero-order valence-corrected chi connectivity index (χ0v) is 16.6. The summed E-state index contributed by atoms with van der Waals surface area (Å²) in [6, 6.07) is 26.6. The van der Waals surface area contributed by atoms with Crippen LogP contribution in [0.25, 0.3) is 60.5 Å². The van der Waals surface area contributed by atoms with Crippen molar-refractivity contribution in [2.45, 2.75) is 0 Å². The Bertz CT molecular complexity index is 1440. The van der Waals surface area contributed by atoms with E-state index < -0.39 is 0 Å². The molecular weight excluding hydrogens is 384 g/mol. The molecule has 0 fully saturated rings. The molecule has 0 bridgehead atoms. The van der Waals surface area contributed by atoms with E-state index >= 15 is 0 Å². The van der Waals surface area contributed by atoms with Crippen LogP contribution in [-0.2, 0) is 0 Å². The second-order valence-electron chi connectivity index (χ2n) is 6.91. The minimum Gasteiger partial charge on any atom is -0.134 e. The molecule has 126 valence electrons. The number of hydrogen-bond donors (Lipinski definition) is 0. The van der Waals surface area contributed by atoms with Gasteiger partial charge in [-0.15, -0.1) is 34.0 Å². The highest BCUT2D eigenvalue weighted by molar-refractivity contribution is 7.33. The van der Waals surface area contributed by atoms with Crippen molar-refractivity contribution in [1.82, 2.24) is 0 Å². The lowest BCUT2D eigenvalue weighted by Crippen LogP contribution is -1.72. The predicted molar refractivity (Wildman–Crippen MR) is 125 cm³/mol. The van der Waals surface area contributed by atoms with Gasteiger partial charge in [0.05, 0.1) is 0 Å². The Kier molecular flexibility index (Phi) is 2.74. The molecule has 3 aromatic heterocycles. The van der Waals surface area contributed by atoms with Crippen LogP contribution in [0.2, 0.25) is 0 Å². The van der Waals surface area contributed by atoms with Crippen molar-refractivity contribution in [3.63, 3.8) is 0 Å². The molecule has 0 aliphatic heterocycles. The van der Waals surface area contributed by atoms with Gasteiger partial charge in [-0.05, 0) is 18.2 Å². The first kappa shape index (κ1) is 14.6. The van der Waals surface area contributed by atoms with Crippen molar-refractivity contribution in [3.05, 3.63) is 72.8 Å². The van der Waals surface area contributed by atoms with Crippen LogP contribution >= 0.6 is 34.0 Å². The van der Waals surface area contributed by atoms with Gasteiger partial charge in [0.25, 0.3) is 0 Å². The molecule has 0 nitrogen and oxygen atoms in total. The third-order valence-electron chi connectivity index (χ3n) is 5.47. The normalized spacial score (nSPS) is 12.4. The van der Waals surface area contributed by atoms with E-state index in [0.29, 0.717) is 0 Å². The molecule has 3 heteroatoms. The second kappa shape index (κ2) is 5.08. The average Bonchev–Trinajstić information content (AvgIpc) is 3.38. The highest BCUT2D eigenvalue weighted by Gasteiger charge is 2.20. The number of fused-ring (bicyclic) bond motifs is 12. The first-order chi connectivity index (χ1) is 13.4. The molecule has 0 spiro atoms. The monoisotopic (exact) mass is 396 g/mol. The predicted octanol–water partition coefficient (Wildman–Crippen LogP) is 8.79. The standard InChI is InChI=1S/C24H12S3/c1-4-10-16-13(7-1)19-22(25-16)20-15-9-3-6-12-18(15)27-24(20)21-14-8-2-5-11-17(14)26-23(19)21/h1-12H. The molecule has 3 heterocycles. The maximum Gasteiger partial charge on any atom is 0.0463 e. The minimum absolute atomic E-state index is 1.38. The molecule has 7 aromatic rings. The molecule has 0 radical (unpaired) electrons. The van der Waals surface area contributed by atoms with E-state index in [4.69, 9.17) is 0 Å².